The highest BCUT2D eigenvalue weighted by molar-refractivity contribution is 7.90. The molecule has 9 heteroatoms. The Bertz CT molecular complexity index is 651. The van der Waals surface area contributed by atoms with Crippen LogP contribution in [0.4, 0.5) is 8.78 Å². The van der Waals surface area contributed by atoms with Crippen molar-refractivity contribution in [3.05, 3.63) is 35.4 Å². The third kappa shape index (κ3) is 8.78. The first-order valence-corrected chi connectivity index (χ1v) is 9.52. The fourth-order valence-corrected chi connectivity index (χ4v) is 2.25. The highest BCUT2D eigenvalue weighted by atomic mass is 32.2. The van der Waals surface area contributed by atoms with Crippen molar-refractivity contribution in [2.45, 2.75) is 6.42 Å². The Labute approximate surface area is 141 Å². The predicted octanol–water partition coefficient (Wildman–Crippen LogP) is 0.734. The van der Waals surface area contributed by atoms with Gasteiger partial charge in [0, 0.05) is 26.4 Å². The molecule has 0 aliphatic rings. The highest BCUT2D eigenvalue weighted by Crippen LogP contribution is 2.09. The van der Waals surface area contributed by atoms with Crippen molar-refractivity contribution in [2.75, 3.05) is 45.4 Å². The van der Waals surface area contributed by atoms with E-state index >= 15 is 0 Å². The van der Waals surface area contributed by atoms with E-state index in [-0.39, 0.29) is 12.4 Å². The SMILES string of the molecule is CN=C(NCCOCCS(C)(=O)=O)NCCc1cc(F)ccc1F. The number of nitrogens with zero attached hydrogens (tertiary/aromatic N) is 1. The molecule has 136 valence electrons. The Morgan fingerprint density at radius 3 is 2.58 bits per heavy atom. The molecule has 0 fully saturated rings. The maximum absolute atomic E-state index is 13.5. The minimum atomic E-state index is -3.02. The molecule has 0 aliphatic carbocycles. The molecular formula is C15H23F2N3O3S. The molecule has 1 aromatic carbocycles. The molecule has 1 rings (SSSR count). The smallest absolute Gasteiger partial charge is 0.191 e. The summed E-state index contributed by atoms with van der Waals surface area (Å²) in [6, 6.07) is 3.35. The Hall–Kier alpha value is -1.74. The van der Waals surface area contributed by atoms with Crippen LogP contribution < -0.4 is 10.6 Å². The number of guanidine groups is 1. The Balaban J connectivity index is 2.22. The van der Waals surface area contributed by atoms with Gasteiger partial charge in [-0.2, -0.15) is 0 Å². The van der Waals surface area contributed by atoms with Gasteiger partial charge in [0.15, 0.2) is 5.96 Å². The van der Waals surface area contributed by atoms with E-state index < -0.39 is 21.5 Å². The van der Waals surface area contributed by atoms with Crippen LogP contribution >= 0.6 is 0 Å². The number of sulfone groups is 1. The molecule has 0 saturated carbocycles. The van der Waals surface area contributed by atoms with Crippen LogP contribution in [0.2, 0.25) is 0 Å². The number of benzene rings is 1. The third-order valence-corrected chi connectivity index (χ3v) is 3.96. The zero-order chi connectivity index (χ0) is 18.0. The molecule has 0 aliphatic heterocycles. The lowest BCUT2D eigenvalue weighted by Gasteiger charge is -2.12. The molecular weight excluding hydrogens is 340 g/mol. The number of hydrogen-bond donors (Lipinski definition) is 2. The number of ether oxygens (including phenoxy) is 1. The lowest BCUT2D eigenvalue weighted by Crippen LogP contribution is -2.40. The van der Waals surface area contributed by atoms with E-state index in [9.17, 15) is 17.2 Å². The van der Waals surface area contributed by atoms with Gasteiger partial charge in [0.1, 0.15) is 21.5 Å². The quantitative estimate of drug-likeness (QED) is 0.384. The zero-order valence-corrected chi connectivity index (χ0v) is 14.6. The van der Waals surface area contributed by atoms with E-state index in [2.05, 4.69) is 15.6 Å². The van der Waals surface area contributed by atoms with E-state index in [4.69, 9.17) is 4.74 Å². The van der Waals surface area contributed by atoms with Gasteiger partial charge < -0.3 is 15.4 Å². The first kappa shape index (κ1) is 20.3. The average molecular weight is 363 g/mol. The van der Waals surface area contributed by atoms with Gasteiger partial charge in [-0.3, -0.25) is 4.99 Å². The minimum Gasteiger partial charge on any atom is -0.379 e. The molecule has 24 heavy (non-hydrogen) atoms. The van der Waals surface area contributed by atoms with Gasteiger partial charge in [-0.05, 0) is 30.2 Å². The molecule has 0 spiro atoms. The first-order valence-electron chi connectivity index (χ1n) is 7.46. The fraction of sp³-hybridized carbons (Fsp3) is 0.533. The van der Waals surface area contributed by atoms with Crippen LogP contribution in [0.15, 0.2) is 23.2 Å². The van der Waals surface area contributed by atoms with Crippen LogP contribution in [0, 0.1) is 11.6 Å². The minimum absolute atomic E-state index is 0.0147. The van der Waals surface area contributed by atoms with Gasteiger partial charge in [0.2, 0.25) is 0 Å². The molecule has 2 N–H and O–H groups in total. The van der Waals surface area contributed by atoms with E-state index in [0.717, 1.165) is 18.4 Å². The van der Waals surface area contributed by atoms with Crippen LogP contribution in [0.25, 0.3) is 0 Å². The summed E-state index contributed by atoms with van der Waals surface area (Å²) in [5.74, 6) is -0.432. The molecule has 0 atom stereocenters. The van der Waals surface area contributed by atoms with Crippen LogP contribution in [-0.2, 0) is 21.0 Å². The first-order chi connectivity index (χ1) is 11.3. The van der Waals surface area contributed by atoms with E-state index in [0.29, 0.717) is 37.6 Å². The Morgan fingerprint density at radius 2 is 1.92 bits per heavy atom. The topological polar surface area (TPSA) is 79.8 Å². The largest absolute Gasteiger partial charge is 0.379 e. The van der Waals surface area contributed by atoms with E-state index in [1.165, 1.54) is 6.07 Å². The monoisotopic (exact) mass is 363 g/mol. The summed E-state index contributed by atoms with van der Waals surface area (Å²) in [5.41, 5.74) is 0.294. The van der Waals surface area contributed by atoms with Crippen molar-refractivity contribution in [3.63, 3.8) is 0 Å². The third-order valence-electron chi connectivity index (χ3n) is 3.06. The zero-order valence-electron chi connectivity index (χ0n) is 13.8. The summed E-state index contributed by atoms with van der Waals surface area (Å²) in [5, 5.41) is 5.95. The summed E-state index contributed by atoms with van der Waals surface area (Å²) >= 11 is 0. The summed E-state index contributed by atoms with van der Waals surface area (Å²) in [7, 11) is -1.43. The molecule has 0 aromatic heterocycles. The lowest BCUT2D eigenvalue weighted by atomic mass is 10.1. The average Bonchev–Trinajstić information content (AvgIpc) is 2.51. The molecule has 0 unspecified atom stereocenters. The van der Waals surface area contributed by atoms with Gasteiger partial charge in [-0.1, -0.05) is 0 Å². The Morgan fingerprint density at radius 1 is 1.21 bits per heavy atom. The van der Waals surface area contributed by atoms with Gasteiger partial charge in [-0.25, -0.2) is 17.2 Å². The number of rotatable bonds is 9. The van der Waals surface area contributed by atoms with Gasteiger partial charge >= 0.3 is 0 Å². The van der Waals surface area contributed by atoms with Crippen LogP contribution in [-0.4, -0.2) is 59.7 Å². The number of aliphatic imine (C=N–C) groups is 1. The van der Waals surface area contributed by atoms with Crippen LogP contribution in [0.5, 0.6) is 0 Å². The van der Waals surface area contributed by atoms with Crippen molar-refractivity contribution >= 4 is 15.8 Å². The molecule has 0 saturated heterocycles. The second-order valence-electron chi connectivity index (χ2n) is 5.15. The molecule has 0 amide bonds. The normalized spacial score (nSPS) is 12.2. The van der Waals surface area contributed by atoms with Crippen molar-refractivity contribution in [1.82, 2.24) is 10.6 Å². The molecule has 0 bridgehead atoms. The van der Waals surface area contributed by atoms with Crippen LogP contribution in [0.1, 0.15) is 5.56 Å². The Kier molecular flexibility index (Phi) is 8.62. The maximum Gasteiger partial charge on any atom is 0.191 e. The van der Waals surface area contributed by atoms with Gasteiger partial charge in [-0.15, -0.1) is 0 Å². The number of nitrogens with one attached hydrogen (secondary N) is 2. The van der Waals surface area contributed by atoms with Crippen molar-refractivity contribution in [2.24, 2.45) is 4.99 Å². The second-order valence-corrected chi connectivity index (χ2v) is 7.41. The maximum atomic E-state index is 13.5. The van der Waals surface area contributed by atoms with E-state index in [1.807, 2.05) is 0 Å². The van der Waals surface area contributed by atoms with Crippen molar-refractivity contribution < 1.29 is 21.9 Å². The number of hydrogen-bond acceptors (Lipinski definition) is 4. The van der Waals surface area contributed by atoms with Crippen LogP contribution in [0.3, 0.4) is 0 Å². The van der Waals surface area contributed by atoms with Gasteiger partial charge in [0.05, 0.1) is 19.0 Å². The second kappa shape index (κ2) is 10.2. The lowest BCUT2D eigenvalue weighted by molar-refractivity contribution is 0.154. The van der Waals surface area contributed by atoms with Crippen molar-refractivity contribution in [1.29, 1.82) is 0 Å². The summed E-state index contributed by atoms with van der Waals surface area (Å²) in [6.45, 7) is 1.30. The van der Waals surface area contributed by atoms with Crippen molar-refractivity contribution in [3.8, 4) is 0 Å². The van der Waals surface area contributed by atoms with Gasteiger partial charge in [0.25, 0.3) is 0 Å². The molecule has 1 aromatic rings. The summed E-state index contributed by atoms with van der Waals surface area (Å²) in [4.78, 5) is 3.99. The molecule has 6 nitrogen and oxygen atoms in total. The summed E-state index contributed by atoms with van der Waals surface area (Å²) < 4.78 is 53.6. The molecule has 0 heterocycles. The highest BCUT2D eigenvalue weighted by Gasteiger charge is 2.05. The number of halogens is 2. The fourth-order valence-electron chi connectivity index (χ4n) is 1.83. The molecule has 0 radical (unpaired) electrons. The summed E-state index contributed by atoms with van der Waals surface area (Å²) in [6.07, 6.45) is 1.47. The standard InChI is InChI=1S/C15H23F2N3O3S/c1-18-15(20-7-8-23-9-10-24(2,21)22)19-6-5-12-11-13(16)3-4-14(12)17/h3-4,11H,5-10H2,1-2H3,(H2,18,19,20). The van der Waals surface area contributed by atoms with E-state index in [1.54, 1.807) is 7.05 Å². The predicted molar refractivity (Wildman–Crippen MR) is 90.0 cm³/mol.